The molecule has 0 amide bonds. The summed E-state index contributed by atoms with van der Waals surface area (Å²) in [6, 6.07) is 10.4. The van der Waals surface area contributed by atoms with E-state index in [0.717, 1.165) is 39.1 Å². The number of hydrogen-bond donors (Lipinski definition) is 0. The van der Waals surface area contributed by atoms with Crippen molar-refractivity contribution in [2.75, 3.05) is 40.5 Å². The number of hydrogen-bond acceptors (Lipinski definition) is 4. The Hall–Kier alpha value is -0.940. The Labute approximate surface area is 134 Å². The number of ether oxygens (including phenoxy) is 3. The van der Waals surface area contributed by atoms with E-state index in [1.807, 2.05) is 6.07 Å². The first-order valence-electron chi connectivity index (χ1n) is 8.21. The molecular formula is C18H29NO3. The average molecular weight is 307 g/mol. The van der Waals surface area contributed by atoms with Gasteiger partial charge in [-0.2, -0.15) is 0 Å². The first kappa shape index (κ1) is 17.4. The van der Waals surface area contributed by atoms with Crippen LogP contribution in [0.1, 0.15) is 24.8 Å². The minimum Gasteiger partial charge on any atom is -0.376 e. The highest BCUT2D eigenvalue weighted by atomic mass is 16.7. The van der Waals surface area contributed by atoms with Crippen LogP contribution in [-0.4, -0.2) is 51.7 Å². The molecular weight excluding hydrogens is 278 g/mol. The van der Waals surface area contributed by atoms with E-state index in [1.54, 1.807) is 14.2 Å². The second-order valence-corrected chi connectivity index (χ2v) is 6.00. The molecule has 1 aliphatic rings. The topological polar surface area (TPSA) is 30.9 Å². The fourth-order valence-corrected chi connectivity index (χ4v) is 2.98. The first-order valence-corrected chi connectivity index (χ1v) is 8.21. The maximum absolute atomic E-state index is 5.86. The zero-order chi connectivity index (χ0) is 15.6. The summed E-state index contributed by atoms with van der Waals surface area (Å²) in [4.78, 5) is 2.53. The van der Waals surface area contributed by atoms with Crippen molar-refractivity contribution in [1.82, 2.24) is 4.90 Å². The molecule has 22 heavy (non-hydrogen) atoms. The van der Waals surface area contributed by atoms with E-state index in [4.69, 9.17) is 14.2 Å². The van der Waals surface area contributed by atoms with Gasteiger partial charge < -0.3 is 19.1 Å². The molecule has 0 saturated carbocycles. The highest BCUT2D eigenvalue weighted by Crippen LogP contribution is 2.18. The molecule has 1 fully saturated rings. The summed E-state index contributed by atoms with van der Waals surface area (Å²) < 4.78 is 16.3. The molecule has 2 rings (SSSR count). The third-order valence-corrected chi connectivity index (χ3v) is 4.28. The van der Waals surface area contributed by atoms with Gasteiger partial charge in [-0.25, -0.2) is 0 Å². The Kier molecular flexibility index (Phi) is 7.88. The van der Waals surface area contributed by atoms with Crippen molar-refractivity contribution < 1.29 is 14.2 Å². The van der Waals surface area contributed by atoms with Gasteiger partial charge in [-0.3, -0.25) is 0 Å². The summed E-state index contributed by atoms with van der Waals surface area (Å²) in [7, 11) is 3.40. The Bertz CT molecular complexity index is 395. The second kappa shape index (κ2) is 9.95. The zero-order valence-electron chi connectivity index (χ0n) is 13.9. The highest BCUT2D eigenvalue weighted by Gasteiger charge is 2.22. The molecule has 1 saturated heterocycles. The first-order chi connectivity index (χ1) is 10.8. The van der Waals surface area contributed by atoms with Gasteiger partial charge in [-0.1, -0.05) is 30.3 Å². The fraction of sp³-hybridized carbons (Fsp3) is 0.667. The van der Waals surface area contributed by atoms with Crippen LogP contribution < -0.4 is 0 Å². The molecule has 1 heterocycles. The maximum atomic E-state index is 5.86. The maximum Gasteiger partial charge on any atom is 0.156 e. The van der Waals surface area contributed by atoms with Gasteiger partial charge in [0.25, 0.3) is 0 Å². The summed E-state index contributed by atoms with van der Waals surface area (Å²) in [5.74, 6) is 0.671. The van der Waals surface area contributed by atoms with E-state index < -0.39 is 0 Å². The van der Waals surface area contributed by atoms with Crippen molar-refractivity contribution in [3.8, 4) is 0 Å². The number of methoxy groups -OCH3 is 2. The molecule has 0 spiro atoms. The normalized spacial score (nSPS) is 19.1. The summed E-state index contributed by atoms with van der Waals surface area (Å²) >= 11 is 0. The van der Waals surface area contributed by atoms with Gasteiger partial charge in [0.1, 0.15) is 0 Å². The van der Waals surface area contributed by atoms with E-state index in [0.29, 0.717) is 5.92 Å². The Morgan fingerprint density at radius 1 is 1.18 bits per heavy atom. The van der Waals surface area contributed by atoms with E-state index >= 15 is 0 Å². The number of likely N-dealkylation sites (tertiary alicyclic amines) is 1. The third-order valence-electron chi connectivity index (χ3n) is 4.28. The molecule has 0 radical (unpaired) electrons. The lowest BCUT2D eigenvalue weighted by Crippen LogP contribution is -2.24. The van der Waals surface area contributed by atoms with Crippen LogP contribution in [-0.2, 0) is 20.8 Å². The lowest BCUT2D eigenvalue weighted by atomic mass is 10.1. The molecule has 0 unspecified atom stereocenters. The molecule has 0 bridgehead atoms. The summed E-state index contributed by atoms with van der Waals surface area (Å²) in [5.41, 5.74) is 1.25. The van der Waals surface area contributed by atoms with E-state index in [-0.39, 0.29) is 6.29 Å². The van der Waals surface area contributed by atoms with Gasteiger partial charge >= 0.3 is 0 Å². The summed E-state index contributed by atoms with van der Waals surface area (Å²) in [5, 5.41) is 0. The van der Waals surface area contributed by atoms with Crippen molar-refractivity contribution in [3.05, 3.63) is 35.9 Å². The van der Waals surface area contributed by atoms with Crippen LogP contribution in [0, 0.1) is 5.92 Å². The molecule has 0 aromatic heterocycles. The van der Waals surface area contributed by atoms with Gasteiger partial charge in [0.05, 0.1) is 13.2 Å². The predicted molar refractivity (Wildman–Crippen MR) is 87.7 cm³/mol. The number of nitrogens with zero attached hydrogens (tertiary/aromatic N) is 1. The van der Waals surface area contributed by atoms with Crippen molar-refractivity contribution in [3.63, 3.8) is 0 Å². The molecule has 0 aliphatic carbocycles. The molecule has 1 atom stereocenters. The van der Waals surface area contributed by atoms with E-state index in [9.17, 15) is 0 Å². The molecule has 4 heteroatoms. The summed E-state index contributed by atoms with van der Waals surface area (Å²) in [6.07, 6.45) is 3.25. The van der Waals surface area contributed by atoms with Crippen LogP contribution in [0.3, 0.4) is 0 Å². The van der Waals surface area contributed by atoms with Crippen molar-refractivity contribution in [2.24, 2.45) is 5.92 Å². The monoisotopic (exact) mass is 307 g/mol. The molecule has 4 nitrogen and oxygen atoms in total. The standard InChI is InChI=1S/C18H29NO3/c1-20-18(21-2)9-6-11-19-12-10-17(13-19)15-22-14-16-7-4-3-5-8-16/h3-5,7-8,17-18H,6,9-15H2,1-2H3/t17-/m1/s1. The Balaban J connectivity index is 1.55. The largest absolute Gasteiger partial charge is 0.376 e. The van der Waals surface area contributed by atoms with Gasteiger partial charge in [0.2, 0.25) is 0 Å². The summed E-state index contributed by atoms with van der Waals surface area (Å²) in [6.45, 7) is 5.05. The lowest BCUT2D eigenvalue weighted by molar-refractivity contribution is -0.107. The van der Waals surface area contributed by atoms with Crippen LogP contribution in [0.4, 0.5) is 0 Å². The highest BCUT2D eigenvalue weighted by molar-refractivity contribution is 5.13. The zero-order valence-corrected chi connectivity index (χ0v) is 13.9. The van der Waals surface area contributed by atoms with Gasteiger partial charge in [0, 0.05) is 20.8 Å². The molecule has 1 aromatic rings. The Morgan fingerprint density at radius 2 is 1.95 bits per heavy atom. The van der Waals surface area contributed by atoms with Gasteiger partial charge in [-0.05, 0) is 43.8 Å². The average Bonchev–Trinajstić information content (AvgIpc) is 3.00. The SMILES string of the molecule is COC(CCCN1CC[C@@H](COCc2ccccc2)C1)OC. The van der Waals surface area contributed by atoms with E-state index in [2.05, 4.69) is 29.2 Å². The number of benzene rings is 1. The quantitative estimate of drug-likeness (QED) is 0.622. The minimum atomic E-state index is -0.0624. The molecule has 0 N–H and O–H groups in total. The fourth-order valence-electron chi connectivity index (χ4n) is 2.98. The van der Waals surface area contributed by atoms with Crippen LogP contribution in [0.2, 0.25) is 0 Å². The van der Waals surface area contributed by atoms with Crippen LogP contribution in [0.5, 0.6) is 0 Å². The van der Waals surface area contributed by atoms with Crippen molar-refractivity contribution in [1.29, 1.82) is 0 Å². The lowest BCUT2D eigenvalue weighted by Gasteiger charge is -2.18. The van der Waals surface area contributed by atoms with E-state index in [1.165, 1.54) is 18.5 Å². The van der Waals surface area contributed by atoms with Crippen molar-refractivity contribution in [2.45, 2.75) is 32.2 Å². The second-order valence-electron chi connectivity index (χ2n) is 6.00. The van der Waals surface area contributed by atoms with Crippen LogP contribution >= 0.6 is 0 Å². The predicted octanol–water partition coefficient (Wildman–Crippen LogP) is 2.92. The van der Waals surface area contributed by atoms with Gasteiger partial charge in [0.15, 0.2) is 6.29 Å². The molecule has 1 aliphatic heterocycles. The minimum absolute atomic E-state index is 0.0624. The third kappa shape index (κ3) is 6.05. The van der Waals surface area contributed by atoms with Crippen LogP contribution in [0.15, 0.2) is 30.3 Å². The Morgan fingerprint density at radius 3 is 2.68 bits per heavy atom. The molecule has 124 valence electrons. The van der Waals surface area contributed by atoms with Crippen molar-refractivity contribution >= 4 is 0 Å². The smallest absolute Gasteiger partial charge is 0.156 e. The van der Waals surface area contributed by atoms with Crippen LogP contribution in [0.25, 0.3) is 0 Å². The van der Waals surface area contributed by atoms with Gasteiger partial charge in [-0.15, -0.1) is 0 Å². The molecule has 1 aromatic carbocycles. The number of rotatable bonds is 10.